The summed E-state index contributed by atoms with van der Waals surface area (Å²) in [5.41, 5.74) is 1.06. The van der Waals surface area contributed by atoms with Crippen molar-refractivity contribution in [2.75, 3.05) is 0 Å². The number of hydrogen-bond acceptors (Lipinski definition) is 4. The number of nitrogens with zero attached hydrogens (tertiary/aromatic N) is 3. The molecule has 0 saturated heterocycles. The summed E-state index contributed by atoms with van der Waals surface area (Å²) in [7, 11) is 0. The molecule has 3 aromatic rings. The summed E-state index contributed by atoms with van der Waals surface area (Å²) in [5.74, 6) is 0. The van der Waals surface area contributed by atoms with E-state index in [1.54, 1.807) is 49.4 Å². The average molecular weight is 387 g/mol. The van der Waals surface area contributed by atoms with Crippen molar-refractivity contribution in [1.29, 1.82) is 5.26 Å². The van der Waals surface area contributed by atoms with Crippen molar-refractivity contribution in [2.24, 2.45) is 0 Å². The molecule has 0 aliphatic carbocycles. The second-order valence-electron chi connectivity index (χ2n) is 5.63. The first-order chi connectivity index (χ1) is 12.3. The standard InChI is InChI=1S/C18H12Cl2N4O2/c1-11-8-14(24-17(26)23-16(25)9-22-24)6-7-15(11)18(20,10-21)12-2-4-13(19)5-3-12/h2-9H,1H3,(H,23,25,26). The molecule has 1 heterocycles. The Morgan fingerprint density at radius 1 is 1.19 bits per heavy atom. The Kier molecular flexibility index (Phi) is 4.68. The molecule has 0 fully saturated rings. The van der Waals surface area contributed by atoms with Crippen molar-refractivity contribution >= 4 is 23.2 Å². The molecule has 2 aromatic carbocycles. The summed E-state index contributed by atoms with van der Waals surface area (Å²) in [4.78, 5) is 23.8. The molecule has 26 heavy (non-hydrogen) atoms. The second-order valence-corrected chi connectivity index (χ2v) is 6.63. The minimum Gasteiger partial charge on any atom is -0.271 e. The molecule has 130 valence electrons. The van der Waals surface area contributed by atoms with E-state index >= 15 is 0 Å². The van der Waals surface area contributed by atoms with Gasteiger partial charge in [-0.15, -0.1) is 0 Å². The minimum atomic E-state index is -1.41. The molecule has 0 aliphatic heterocycles. The van der Waals surface area contributed by atoms with E-state index in [0.29, 0.717) is 27.4 Å². The number of rotatable bonds is 3. The summed E-state index contributed by atoms with van der Waals surface area (Å²) in [6.07, 6.45) is 1.01. The Balaban J connectivity index is 2.12. The fourth-order valence-electron chi connectivity index (χ4n) is 2.66. The summed E-state index contributed by atoms with van der Waals surface area (Å²) in [5, 5.41) is 14.1. The van der Waals surface area contributed by atoms with Gasteiger partial charge in [0.15, 0.2) is 4.87 Å². The molecular weight excluding hydrogens is 375 g/mol. The maximum atomic E-state index is 11.9. The summed E-state index contributed by atoms with van der Waals surface area (Å²) in [6, 6.07) is 13.8. The number of alkyl halides is 1. The van der Waals surface area contributed by atoms with Crippen LogP contribution in [0.4, 0.5) is 0 Å². The summed E-state index contributed by atoms with van der Waals surface area (Å²) < 4.78 is 1.06. The molecule has 0 saturated carbocycles. The smallest absolute Gasteiger partial charge is 0.271 e. The highest BCUT2D eigenvalue weighted by molar-refractivity contribution is 6.31. The topological polar surface area (TPSA) is 91.5 Å². The van der Waals surface area contributed by atoms with Crippen LogP contribution in [0.3, 0.4) is 0 Å². The van der Waals surface area contributed by atoms with Gasteiger partial charge in [-0.2, -0.15) is 15.0 Å². The fraction of sp³-hybridized carbons (Fsp3) is 0.111. The van der Waals surface area contributed by atoms with Crippen LogP contribution < -0.4 is 11.2 Å². The summed E-state index contributed by atoms with van der Waals surface area (Å²) >= 11 is 12.6. The third-order valence-corrected chi connectivity index (χ3v) is 4.69. The van der Waals surface area contributed by atoms with Crippen molar-refractivity contribution in [3.63, 3.8) is 0 Å². The highest BCUT2D eigenvalue weighted by Crippen LogP contribution is 2.38. The van der Waals surface area contributed by atoms with Crippen molar-refractivity contribution in [3.8, 4) is 11.8 Å². The van der Waals surface area contributed by atoms with Crippen LogP contribution in [0.2, 0.25) is 5.02 Å². The zero-order chi connectivity index (χ0) is 18.9. The Morgan fingerprint density at radius 2 is 1.88 bits per heavy atom. The van der Waals surface area contributed by atoms with Crippen LogP contribution in [-0.2, 0) is 4.87 Å². The van der Waals surface area contributed by atoms with Crippen molar-refractivity contribution < 1.29 is 0 Å². The van der Waals surface area contributed by atoms with E-state index in [-0.39, 0.29) is 0 Å². The van der Waals surface area contributed by atoms with Gasteiger partial charge in [-0.1, -0.05) is 41.4 Å². The molecule has 0 bridgehead atoms. The number of aromatic amines is 1. The van der Waals surface area contributed by atoms with Gasteiger partial charge in [0, 0.05) is 5.02 Å². The van der Waals surface area contributed by atoms with Gasteiger partial charge in [0.2, 0.25) is 0 Å². The number of H-pyrrole nitrogens is 1. The lowest BCUT2D eigenvalue weighted by atomic mass is 9.88. The third kappa shape index (κ3) is 3.15. The zero-order valence-electron chi connectivity index (χ0n) is 13.5. The van der Waals surface area contributed by atoms with Crippen LogP contribution in [0.25, 0.3) is 5.69 Å². The summed E-state index contributed by atoms with van der Waals surface area (Å²) in [6.45, 7) is 1.78. The number of hydrogen-bond donors (Lipinski definition) is 1. The lowest BCUT2D eigenvalue weighted by Crippen LogP contribution is -2.30. The van der Waals surface area contributed by atoms with Gasteiger partial charge in [-0.25, -0.2) is 4.79 Å². The van der Waals surface area contributed by atoms with Gasteiger partial charge >= 0.3 is 5.69 Å². The van der Waals surface area contributed by atoms with Gasteiger partial charge in [-0.3, -0.25) is 9.78 Å². The number of nitriles is 1. The Morgan fingerprint density at radius 3 is 2.46 bits per heavy atom. The van der Waals surface area contributed by atoms with E-state index in [1.807, 2.05) is 0 Å². The van der Waals surface area contributed by atoms with Gasteiger partial charge in [0.05, 0.1) is 11.8 Å². The van der Waals surface area contributed by atoms with Crippen LogP contribution in [0.1, 0.15) is 16.7 Å². The average Bonchev–Trinajstić information content (AvgIpc) is 2.61. The zero-order valence-corrected chi connectivity index (χ0v) is 15.0. The highest BCUT2D eigenvalue weighted by Gasteiger charge is 2.33. The maximum absolute atomic E-state index is 11.9. The van der Waals surface area contributed by atoms with E-state index in [9.17, 15) is 14.9 Å². The van der Waals surface area contributed by atoms with Crippen LogP contribution in [0, 0.1) is 18.3 Å². The van der Waals surface area contributed by atoms with Crippen LogP contribution in [0.15, 0.2) is 58.3 Å². The van der Waals surface area contributed by atoms with E-state index in [1.165, 1.54) is 0 Å². The van der Waals surface area contributed by atoms with E-state index < -0.39 is 16.1 Å². The van der Waals surface area contributed by atoms with Crippen LogP contribution >= 0.6 is 23.2 Å². The quantitative estimate of drug-likeness (QED) is 0.700. The van der Waals surface area contributed by atoms with Gasteiger partial charge in [0.1, 0.15) is 6.20 Å². The molecule has 6 nitrogen and oxygen atoms in total. The molecule has 1 N–H and O–H groups in total. The van der Waals surface area contributed by atoms with E-state index in [2.05, 4.69) is 16.2 Å². The number of aromatic nitrogens is 3. The number of benzene rings is 2. The SMILES string of the molecule is Cc1cc(-n2ncc(=O)[nH]c2=O)ccc1C(Cl)(C#N)c1ccc(Cl)cc1. The lowest BCUT2D eigenvalue weighted by Gasteiger charge is -2.23. The first kappa shape index (κ1) is 17.9. The number of halogens is 2. The first-order valence-corrected chi connectivity index (χ1v) is 8.27. The molecule has 1 aromatic heterocycles. The minimum absolute atomic E-state index is 0.445. The van der Waals surface area contributed by atoms with Gasteiger partial charge < -0.3 is 0 Å². The predicted octanol–water partition coefficient (Wildman–Crippen LogP) is 2.89. The van der Waals surface area contributed by atoms with Crippen LogP contribution in [-0.4, -0.2) is 14.8 Å². The van der Waals surface area contributed by atoms with Crippen molar-refractivity contribution in [1.82, 2.24) is 14.8 Å². The van der Waals surface area contributed by atoms with Crippen molar-refractivity contribution in [2.45, 2.75) is 11.8 Å². The fourth-order valence-corrected chi connectivity index (χ4v) is 3.13. The maximum Gasteiger partial charge on any atom is 0.349 e. The second kappa shape index (κ2) is 6.79. The molecular formula is C18H12Cl2N4O2. The Labute approximate surface area is 158 Å². The van der Waals surface area contributed by atoms with E-state index in [0.717, 1.165) is 10.9 Å². The van der Waals surface area contributed by atoms with Crippen LogP contribution in [0.5, 0.6) is 0 Å². The molecule has 1 unspecified atom stereocenters. The molecule has 0 aliphatic rings. The van der Waals surface area contributed by atoms with Gasteiger partial charge in [0.25, 0.3) is 5.56 Å². The largest absolute Gasteiger partial charge is 0.349 e. The predicted molar refractivity (Wildman–Crippen MR) is 98.9 cm³/mol. The highest BCUT2D eigenvalue weighted by atomic mass is 35.5. The Hall–Kier alpha value is -2.88. The molecule has 8 heteroatoms. The normalized spacial score (nSPS) is 13.0. The molecule has 0 spiro atoms. The molecule has 0 radical (unpaired) electrons. The first-order valence-electron chi connectivity index (χ1n) is 7.51. The van der Waals surface area contributed by atoms with Crippen molar-refractivity contribution in [3.05, 3.63) is 91.2 Å². The Bertz CT molecular complexity index is 1130. The third-order valence-electron chi connectivity index (χ3n) is 3.93. The molecule has 0 amide bonds. The molecule has 1 atom stereocenters. The lowest BCUT2D eigenvalue weighted by molar-refractivity contribution is 0.748. The van der Waals surface area contributed by atoms with Gasteiger partial charge in [-0.05, 0) is 47.9 Å². The number of aryl methyl sites for hydroxylation is 1. The monoisotopic (exact) mass is 386 g/mol. The molecule has 3 rings (SSSR count). The number of nitrogens with one attached hydrogen (secondary N) is 1. The van der Waals surface area contributed by atoms with E-state index in [4.69, 9.17) is 23.2 Å².